The van der Waals surface area contributed by atoms with Crippen LogP contribution in [0, 0.1) is 12.7 Å². The molecule has 21 heavy (non-hydrogen) atoms. The Morgan fingerprint density at radius 2 is 1.95 bits per heavy atom. The van der Waals surface area contributed by atoms with Gasteiger partial charge in [0.05, 0.1) is 22.1 Å². The van der Waals surface area contributed by atoms with Crippen LogP contribution < -0.4 is 0 Å². The smallest absolute Gasteiger partial charge is 0.147 e. The standard InChI is InChI=1S/C16H13Cl2FN2/c1-9-3-5-12(19)14(7-9)21-15-8-11(18)4-6-13(15)20-16(21)10(2)17/h3-8,10H,1-2H3. The summed E-state index contributed by atoms with van der Waals surface area (Å²) in [5.41, 5.74) is 2.88. The molecular weight excluding hydrogens is 310 g/mol. The summed E-state index contributed by atoms with van der Waals surface area (Å²) in [7, 11) is 0. The van der Waals surface area contributed by atoms with Gasteiger partial charge in [0.25, 0.3) is 0 Å². The monoisotopic (exact) mass is 322 g/mol. The lowest BCUT2D eigenvalue weighted by Crippen LogP contribution is -2.04. The lowest BCUT2D eigenvalue weighted by atomic mass is 10.2. The van der Waals surface area contributed by atoms with Crippen molar-refractivity contribution in [2.24, 2.45) is 0 Å². The Kier molecular flexibility index (Phi) is 3.64. The van der Waals surface area contributed by atoms with Crippen molar-refractivity contribution in [3.8, 4) is 5.69 Å². The molecule has 1 heterocycles. The van der Waals surface area contributed by atoms with Crippen molar-refractivity contribution in [3.05, 3.63) is 58.6 Å². The van der Waals surface area contributed by atoms with Crippen LogP contribution in [0.2, 0.25) is 5.02 Å². The normalized spacial score (nSPS) is 12.8. The maximum atomic E-state index is 14.3. The Labute approximate surface area is 132 Å². The average Bonchev–Trinajstić information content (AvgIpc) is 2.80. The molecule has 0 aliphatic heterocycles. The fourth-order valence-electron chi connectivity index (χ4n) is 2.38. The molecule has 2 aromatic carbocycles. The zero-order chi connectivity index (χ0) is 15.1. The van der Waals surface area contributed by atoms with Crippen molar-refractivity contribution in [2.45, 2.75) is 19.2 Å². The molecule has 3 aromatic rings. The summed E-state index contributed by atoms with van der Waals surface area (Å²) in [4.78, 5) is 4.51. The second-order valence-electron chi connectivity index (χ2n) is 5.01. The van der Waals surface area contributed by atoms with Crippen molar-refractivity contribution >= 4 is 34.2 Å². The van der Waals surface area contributed by atoms with Gasteiger partial charge in [-0.1, -0.05) is 17.7 Å². The van der Waals surface area contributed by atoms with Gasteiger partial charge >= 0.3 is 0 Å². The highest BCUT2D eigenvalue weighted by molar-refractivity contribution is 6.31. The molecule has 0 saturated carbocycles. The predicted octanol–water partition coefficient (Wildman–Crippen LogP) is 5.43. The molecule has 0 saturated heterocycles. The highest BCUT2D eigenvalue weighted by Gasteiger charge is 2.19. The van der Waals surface area contributed by atoms with Gasteiger partial charge < -0.3 is 0 Å². The van der Waals surface area contributed by atoms with E-state index in [2.05, 4.69) is 4.98 Å². The summed E-state index contributed by atoms with van der Waals surface area (Å²) >= 11 is 12.3. The third-order valence-corrected chi connectivity index (χ3v) is 3.77. The summed E-state index contributed by atoms with van der Waals surface area (Å²) in [5.74, 6) is 0.275. The Hall–Kier alpha value is -1.58. The molecule has 0 radical (unpaired) electrons. The molecule has 0 spiro atoms. The lowest BCUT2D eigenvalue weighted by Gasteiger charge is -2.12. The van der Waals surface area contributed by atoms with Crippen molar-refractivity contribution in [1.29, 1.82) is 0 Å². The van der Waals surface area contributed by atoms with Crippen LogP contribution >= 0.6 is 23.2 Å². The van der Waals surface area contributed by atoms with Crippen LogP contribution in [-0.4, -0.2) is 9.55 Å². The molecule has 1 aromatic heterocycles. The van der Waals surface area contributed by atoms with E-state index in [1.165, 1.54) is 6.07 Å². The fraction of sp³-hybridized carbons (Fsp3) is 0.188. The van der Waals surface area contributed by atoms with Crippen LogP contribution in [0.3, 0.4) is 0 Å². The molecular formula is C16H13Cl2FN2. The van der Waals surface area contributed by atoms with E-state index in [1.54, 1.807) is 28.8 Å². The van der Waals surface area contributed by atoms with Gasteiger partial charge in [-0.3, -0.25) is 4.57 Å². The molecule has 0 aliphatic carbocycles. The zero-order valence-corrected chi connectivity index (χ0v) is 13.1. The molecule has 2 nitrogen and oxygen atoms in total. The number of rotatable bonds is 2. The second-order valence-corrected chi connectivity index (χ2v) is 6.10. The largest absolute Gasteiger partial charge is 0.292 e. The minimum absolute atomic E-state index is 0.321. The summed E-state index contributed by atoms with van der Waals surface area (Å²) in [5, 5.41) is 0.224. The number of alkyl halides is 1. The number of fused-ring (bicyclic) bond motifs is 1. The Morgan fingerprint density at radius 1 is 1.19 bits per heavy atom. The molecule has 1 atom stereocenters. The Morgan fingerprint density at radius 3 is 2.67 bits per heavy atom. The molecule has 3 rings (SSSR count). The molecule has 0 N–H and O–H groups in total. The summed E-state index contributed by atoms with van der Waals surface area (Å²) in [6.07, 6.45) is 0. The highest BCUT2D eigenvalue weighted by Crippen LogP contribution is 2.31. The van der Waals surface area contributed by atoms with Crippen LogP contribution in [0.1, 0.15) is 23.7 Å². The van der Waals surface area contributed by atoms with E-state index in [4.69, 9.17) is 23.2 Å². The van der Waals surface area contributed by atoms with Crippen LogP contribution in [0.4, 0.5) is 4.39 Å². The zero-order valence-electron chi connectivity index (χ0n) is 11.6. The number of aromatic nitrogens is 2. The second kappa shape index (κ2) is 5.32. The maximum absolute atomic E-state index is 14.3. The number of halogens is 3. The molecule has 0 fully saturated rings. The van der Waals surface area contributed by atoms with Crippen LogP contribution in [0.25, 0.3) is 16.7 Å². The quantitative estimate of drug-likeness (QED) is 0.575. The first-order valence-electron chi connectivity index (χ1n) is 6.56. The van der Waals surface area contributed by atoms with Gasteiger partial charge in [0, 0.05) is 5.02 Å². The van der Waals surface area contributed by atoms with Gasteiger partial charge in [0.2, 0.25) is 0 Å². The first-order chi connectivity index (χ1) is 9.97. The van der Waals surface area contributed by atoms with Gasteiger partial charge in [-0.15, -0.1) is 11.6 Å². The minimum Gasteiger partial charge on any atom is -0.292 e. The van der Waals surface area contributed by atoms with Gasteiger partial charge in [-0.25, -0.2) is 9.37 Å². The van der Waals surface area contributed by atoms with Crippen LogP contribution in [0.15, 0.2) is 36.4 Å². The highest BCUT2D eigenvalue weighted by atomic mass is 35.5. The fourth-order valence-corrected chi connectivity index (χ4v) is 2.69. The topological polar surface area (TPSA) is 17.8 Å². The van der Waals surface area contributed by atoms with Crippen molar-refractivity contribution < 1.29 is 4.39 Å². The number of aryl methyl sites for hydroxylation is 1. The summed E-state index contributed by atoms with van der Waals surface area (Å²) in [6.45, 7) is 3.73. The number of imidazole rings is 1. The SMILES string of the molecule is Cc1ccc(F)c(-n2c(C(C)Cl)nc3ccc(Cl)cc32)c1. The Bertz CT molecular complexity index is 825. The van der Waals surface area contributed by atoms with Gasteiger partial charge in [0.1, 0.15) is 11.6 Å². The Balaban J connectivity index is 2.41. The predicted molar refractivity (Wildman–Crippen MR) is 85.0 cm³/mol. The summed E-state index contributed by atoms with van der Waals surface area (Å²) in [6, 6.07) is 10.3. The van der Waals surface area contributed by atoms with E-state index in [9.17, 15) is 4.39 Å². The molecule has 1 unspecified atom stereocenters. The summed E-state index contributed by atoms with van der Waals surface area (Å²) < 4.78 is 16.0. The van der Waals surface area contributed by atoms with Crippen LogP contribution in [-0.2, 0) is 0 Å². The van der Waals surface area contributed by atoms with E-state index in [-0.39, 0.29) is 11.2 Å². The van der Waals surface area contributed by atoms with E-state index < -0.39 is 0 Å². The van der Waals surface area contributed by atoms with Crippen molar-refractivity contribution in [2.75, 3.05) is 0 Å². The van der Waals surface area contributed by atoms with E-state index >= 15 is 0 Å². The molecule has 5 heteroatoms. The van der Waals surface area contributed by atoms with Crippen molar-refractivity contribution in [1.82, 2.24) is 9.55 Å². The number of hydrogen-bond donors (Lipinski definition) is 0. The van der Waals surface area contributed by atoms with Crippen molar-refractivity contribution in [3.63, 3.8) is 0 Å². The van der Waals surface area contributed by atoms with E-state index in [0.717, 1.165) is 16.6 Å². The van der Waals surface area contributed by atoms with Gasteiger partial charge in [-0.2, -0.15) is 0 Å². The number of hydrogen-bond acceptors (Lipinski definition) is 1. The molecule has 108 valence electrons. The molecule has 0 amide bonds. The minimum atomic E-state index is -0.351. The first-order valence-corrected chi connectivity index (χ1v) is 7.37. The van der Waals surface area contributed by atoms with E-state index in [0.29, 0.717) is 16.5 Å². The number of nitrogens with zero attached hydrogens (tertiary/aromatic N) is 2. The van der Waals surface area contributed by atoms with Gasteiger partial charge in [0.15, 0.2) is 0 Å². The number of benzene rings is 2. The van der Waals surface area contributed by atoms with E-state index in [1.807, 2.05) is 19.9 Å². The van der Waals surface area contributed by atoms with Crippen LogP contribution in [0.5, 0.6) is 0 Å². The first kappa shape index (κ1) is 14.4. The molecule has 0 bridgehead atoms. The third kappa shape index (κ3) is 2.52. The maximum Gasteiger partial charge on any atom is 0.147 e. The average molecular weight is 323 g/mol. The lowest BCUT2D eigenvalue weighted by molar-refractivity contribution is 0.616. The third-order valence-electron chi connectivity index (χ3n) is 3.34. The molecule has 0 aliphatic rings. The van der Waals surface area contributed by atoms with Gasteiger partial charge in [-0.05, 0) is 49.7 Å².